The number of rotatable bonds is 3. The summed E-state index contributed by atoms with van der Waals surface area (Å²) in [7, 11) is 0. The average Bonchev–Trinajstić information content (AvgIpc) is 2.94. The second-order valence-corrected chi connectivity index (χ2v) is 6.12. The molecule has 1 unspecified atom stereocenters. The summed E-state index contributed by atoms with van der Waals surface area (Å²) in [6.07, 6.45) is 0.430. The zero-order chi connectivity index (χ0) is 14.2. The van der Waals surface area contributed by atoms with Crippen molar-refractivity contribution < 1.29 is 14.6 Å². The summed E-state index contributed by atoms with van der Waals surface area (Å²) in [6.45, 7) is 8.19. The van der Waals surface area contributed by atoms with Crippen LogP contribution in [-0.2, 0) is 11.2 Å². The van der Waals surface area contributed by atoms with Crippen molar-refractivity contribution in [3.63, 3.8) is 0 Å². The first-order valence-electron chi connectivity index (χ1n) is 7.35. The first kappa shape index (κ1) is 13.9. The third-order valence-corrected chi connectivity index (χ3v) is 4.52. The highest BCUT2D eigenvalue weighted by Gasteiger charge is 2.36. The number of aliphatic hydroxyl groups is 1. The average molecular weight is 277 g/mol. The Hall–Kier alpha value is -1.10. The Morgan fingerprint density at radius 3 is 2.70 bits per heavy atom. The van der Waals surface area contributed by atoms with Crippen LogP contribution >= 0.6 is 0 Å². The quantitative estimate of drug-likeness (QED) is 0.914. The van der Waals surface area contributed by atoms with E-state index in [1.807, 2.05) is 12.1 Å². The van der Waals surface area contributed by atoms with Crippen LogP contribution in [0.5, 0.6) is 5.75 Å². The molecular weight excluding hydrogens is 254 g/mol. The summed E-state index contributed by atoms with van der Waals surface area (Å²) in [4.78, 5) is 2.31. The lowest BCUT2D eigenvalue weighted by molar-refractivity contribution is -0.0630. The van der Waals surface area contributed by atoms with Gasteiger partial charge in [0, 0.05) is 25.0 Å². The molecule has 3 rings (SSSR count). The lowest BCUT2D eigenvalue weighted by atomic mass is 9.88. The van der Waals surface area contributed by atoms with Gasteiger partial charge in [-0.2, -0.15) is 0 Å². The third-order valence-electron chi connectivity index (χ3n) is 4.52. The molecule has 1 fully saturated rings. The van der Waals surface area contributed by atoms with E-state index in [0.29, 0.717) is 0 Å². The lowest BCUT2D eigenvalue weighted by Gasteiger charge is -2.43. The maximum atomic E-state index is 10.8. The van der Waals surface area contributed by atoms with Crippen molar-refractivity contribution >= 4 is 0 Å². The minimum atomic E-state index is -0.508. The second-order valence-electron chi connectivity index (χ2n) is 6.12. The van der Waals surface area contributed by atoms with Crippen LogP contribution in [0.4, 0.5) is 0 Å². The predicted molar refractivity (Wildman–Crippen MR) is 77.1 cm³/mol. The van der Waals surface area contributed by atoms with Crippen LogP contribution in [0.3, 0.4) is 0 Å². The number of hydrogen-bond acceptors (Lipinski definition) is 4. The molecule has 20 heavy (non-hydrogen) atoms. The van der Waals surface area contributed by atoms with Crippen molar-refractivity contribution in [2.24, 2.45) is 0 Å². The van der Waals surface area contributed by atoms with E-state index in [1.54, 1.807) is 0 Å². The van der Waals surface area contributed by atoms with Crippen molar-refractivity contribution in [3.05, 3.63) is 29.3 Å². The van der Waals surface area contributed by atoms with Crippen molar-refractivity contribution in [1.82, 2.24) is 4.90 Å². The topological polar surface area (TPSA) is 41.9 Å². The van der Waals surface area contributed by atoms with Crippen LogP contribution in [-0.4, -0.2) is 48.5 Å². The van der Waals surface area contributed by atoms with Gasteiger partial charge >= 0.3 is 0 Å². The fraction of sp³-hybridized carbons (Fsp3) is 0.625. The van der Waals surface area contributed by atoms with Crippen LogP contribution < -0.4 is 4.74 Å². The van der Waals surface area contributed by atoms with E-state index in [4.69, 9.17) is 9.47 Å². The van der Waals surface area contributed by atoms with Gasteiger partial charge in [-0.1, -0.05) is 6.07 Å². The zero-order valence-corrected chi connectivity index (χ0v) is 12.3. The molecule has 1 atom stereocenters. The smallest absolute Gasteiger partial charge is 0.122 e. The number of fused-ring (bicyclic) bond motifs is 1. The highest BCUT2D eigenvalue weighted by atomic mass is 16.5. The van der Waals surface area contributed by atoms with Crippen molar-refractivity contribution in [2.45, 2.75) is 31.9 Å². The Labute approximate surface area is 120 Å². The molecule has 0 spiro atoms. The molecule has 2 aliphatic rings. The van der Waals surface area contributed by atoms with E-state index < -0.39 is 6.10 Å². The molecule has 2 aliphatic heterocycles. The molecule has 1 saturated heterocycles. The van der Waals surface area contributed by atoms with Crippen molar-refractivity contribution in [2.75, 3.05) is 32.9 Å². The molecule has 0 saturated carbocycles. The Kier molecular flexibility index (Phi) is 3.71. The lowest BCUT2D eigenvalue weighted by Crippen LogP contribution is -2.53. The molecule has 4 heteroatoms. The minimum Gasteiger partial charge on any atom is -0.493 e. The van der Waals surface area contributed by atoms with Gasteiger partial charge in [0.05, 0.1) is 25.9 Å². The van der Waals surface area contributed by atoms with Crippen LogP contribution in [0.1, 0.15) is 31.1 Å². The summed E-state index contributed by atoms with van der Waals surface area (Å²) in [5.41, 5.74) is 1.89. The molecule has 0 bridgehead atoms. The number of ether oxygens (including phenoxy) is 2. The van der Waals surface area contributed by atoms with Gasteiger partial charge in [0.15, 0.2) is 0 Å². The Balaban J connectivity index is 1.81. The molecule has 0 aliphatic carbocycles. The molecule has 110 valence electrons. The van der Waals surface area contributed by atoms with E-state index in [9.17, 15) is 5.11 Å². The molecule has 0 amide bonds. The van der Waals surface area contributed by atoms with E-state index >= 15 is 0 Å². The van der Waals surface area contributed by atoms with Crippen LogP contribution in [0, 0.1) is 0 Å². The standard InChI is InChI=1S/C16H23NO3/c1-16(2,17-6-9-19-10-7-17)15(18)13-3-4-14-12(11-13)5-8-20-14/h3-4,11,15,18H,5-10H2,1-2H3. The zero-order valence-electron chi connectivity index (χ0n) is 12.3. The fourth-order valence-corrected chi connectivity index (χ4v) is 3.10. The van der Waals surface area contributed by atoms with Crippen LogP contribution in [0.2, 0.25) is 0 Å². The highest BCUT2D eigenvalue weighted by molar-refractivity contribution is 5.41. The molecule has 0 aromatic heterocycles. The van der Waals surface area contributed by atoms with Gasteiger partial charge in [0.25, 0.3) is 0 Å². The molecule has 1 N–H and O–H groups in total. The van der Waals surface area contributed by atoms with E-state index in [1.165, 1.54) is 5.56 Å². The van der Waals surface area contributed by atoms with Gasteiger partial charge in [-0.15, -0.1) is 0 Å². The fourth-order valence-electron chi connectivity index (χ4n) is 3.10. The monoisotopic (exact) mass is 277 g/mol. The second kappa shape index (κ2) is 5.35. The molecule has 1 aromatic rings. The van der Waals surface area contributed by atoms with Crippen LogP contribution in [0.15, 0.2) is 18.2 Å². The summed E-state index contributed by atoms with van der Waals surface area (Å²) in [5.74, 6) is 0.963. The molecule has 2 heterocycles. The largest absolute Gasteiger partial charge is 0.493 e. The Morgan fingerprint density at radius 2 is 1.95 bits per heavy atom. The third kappa shape index (κ3) is 2.43. The van der Waals surface area contributed by atoms with Gasteiger partial charge < -0.3 is 14.6 Å². The summed E-state index contributed by atoms with van der Waals surface area (Å²) >= 11 is 0. The maximum Gasteiger partial charge on any atom is 0.122 e. The Bertz CT molecular complexity index is 481. The summed E-state index contributed by atoms with van der Waals surface area (Å²) in [5, 5.41) is 10.8. The Morgan fingerprint density at radius 1 is 1.20 bits per heavy atom. The predicted octanol–water partition coefficient (Wildman–Crippen LogP) is 1.77. The number of nitrogens with zero attached hydrogens (tertiary/aromatic N) is 1. The number of benzene rings is 1. The van der Waals surface area contributed by atoms with Gasteiger partial charge in [-0.3, -0.25) is 4.90 Å². The summed E-state index contributed by atoms with van der Waals surface area (Å²) < 4.78 is 10.9. The summed E-state index contributed by atoms with van der Waals surface area (Å²) in [6, 6.07) is 6.06. The highest BCUT2D eigenvalue weighted by Crippen LogP contribution is 2.35. The molecule has 4 nitrogen and oxygen atoms in total. The first-order chi connectivity index (χ1) is 9.59. The number of morpholine rings is 1. The SMILES string of the molecule is CC(C)(C(O)c1ccc2c(c1)CCO2)N1CCOCC1. The van der Waals surface area contributed by atoms with Crippen LogP contribution in [0.25, 0.3) is 0 Å². The minimum absolute atomic E-state index is 0.294. The van der Waals surface area contributed by atoms with E-state index in [0.717, 1.165) is 50.6 Å². The van der Waals surface area contributed by atoms with Gasteiger partial charge in [0.1, 0.15) is 5.75 Å². The number of hydrogen-bond donors (Lipinski definition) is 1. The maximum absolute atomic E-state index is 10.8. The first-order valence-corrected chi connectivity index (χ1v) is 7.35. The van der Waals surface area contributed by atoms with Crippen molar-refractivity contribution in [1.29, 1.82) is 0 Å². The molecule has 1 aromatic carbocycles. The van der Waals surface area contributed by atoms with Gasteiger partial charge in [-0.05, 0) is 37.1 Å². The normalized spacial score (nSPS) is 21.4. The van der Waals surface area contributed by atoms with Gasteiger partial charge in [0.2, 0.25) is 0 Å². The molecule has 0 radical (unpaired) electrons. The van der Waals surface area contributed by atoms with Gasteiger partial charge in [-0.25, -0.2) is 0 Å². The van der Waals surface area contributed by atoms with E-state index in [-0.39, 0.29) is 5.54 Å². The van der Waals surface area contributed by atoms with E-state index in [2.05, 4.69) is 24.8 Å². The van der Waals surface area contributed by atoms with Crippen molar-refractivity contribution in [3.8, 4) is 5.75 Å². The molecular formula is C16H23NO3. The number of aliphatic hydroxyl groups excluding tert-OH is 1.